The van der Waals surface area contributed by atoms with E-state index >= 15 is 0 Å². The average Bonchev–Trinajstić information content (AvgIpc) is 2.56. The zero-order valence-electron chi connectivity index (χ0n) is 12.6. The van der Waals surface area contributed by atoms with Gasteiger partial charge in [-0.1, -0.05) is 6.58 Å². The molecule has 0 bridgehead atoms. The van der Waals surface area contributed by atoms with Crippen LogP contribution in [0.3, 0.4) is 0 Å². The van der Waals surface area contributed by atoms with E-state index < -0.39 is 0 Å². The van der Waals surface area contributed by atoms with E-state index in [1.807, 2.05) is 43.4 Å². The first kappa shape index (κ1) is 16.1. The molecule has 0 saturated carbocycles. The third-order valence-electron chi connectivity index (χ3n) is 2.96. The fraction of sp³-hybridized carbons (Fsp3) is 0.118. The predicted molar refractivity (Wildman–Crippen MR) is 93.2 cm³/mol. The molecule has 0 amide bonds. The number of methoxy groups -OCH3 is 1. The van der Waals surface area contributed by atoms with Crippen LogP contribution >= 0.6 is 11.9 Å². The van der Waals surface area contributed by atoms with Gasteiger partial charge in [0.2, 0.25) is 0 Å². The standard InChI is InChI=1S/C17H18N2O2S/c1-12(16-10-7-14(20-4)11-17(16)18-2)21-13-5-8-15(9-6-13)22-19-3/h5-11,19H,1-2H2,3-4H3. The van der Waals surface area contributed by atoms with Crippen molar-refractivity contribution in [1.29, 1.82) is 0 Å². The minimum Gasteiger partial charge on any atom is -0.497 e. The number of rotatable bonds is 7. The summed E-state index contributed by atoms with van der Waals surface area (Å²) in [5, 5.41) is 0. The van der Waals surface area contributed by atoms with Gasteiger partial charge < -0.3 is 9.47 Å². The summed E-state index contributed by atoms with van der Waals surface area (Å²) in [6.45, 7) is 7.55. The largest absolute Gasteiger partial charge is 0.497 e. The third-order valence-corrected chi connectivity index (χ3v) is 3.67. The van der Waals surface area contributed by atoms with Crippen molar-refractivity contribution in [3.63, 3.8) is 0 Å². The van der Waals surface area contributed by atoms with Gasteiger partial charge in [0, 0.05) is 16.5 Å². The molecule has 2 aromatic carbocycles. The monoisotopic (exact) mass is 314 g/mol. The van der Waals surface area contributed by atoms with Crippen molar-refractivity contribution < 1.29 is 9.47 Å². The molecule has 0 spiro atoms. The maximum atomic E-state index is 5.80. The quantitative estimate of drug-likeness (QED) is 0.470. The lowest BCUT2D eigenvalue weighted by molar-refractivity contribution is 0.415. The van der Waals surface area contributed by atoms with Crippen LogP contribution in [0.4, 0.5) is 5.69 Å². The van der Waals surface area contributed by atoms with Gasteiger partial charge in [-0.25, -0.2) is 0 Å². The number of hydrogen-bond acceptors (Lipinski definition) is 5. The van der Waals surface area contributed by atoms with Crippen LogP contribution in [0.5, 0.6) is 11.5 Å². The van der Waals surface area contributed by atoms with E-state index in [-0.39, 0.29) is 0 Å². The van der Waals surface area contributed by atoms with Crippen LogP contribution in [0.15, 0.2) is 58.9 Å². The number of nitrogens with one attached hydrogen (secondary N) is 1. The lowest BCUT2D eigenvalue weighted by atomic mass is 10.1. The minimum atomic E-state index is 0.513. The Labute approximate surface area is 135 Å². The number of aliphatic imine (C=N–C) groups is 1. The molecular weight excluding hydrogens is 296 g/mol. The molecule has 0 radical (unpaired) electrons. The van der Waals surface area contributed by atoms with Crippen LogP contribution < -0.4 is 14.2 Å². The van der Waals surface area contributed by atoms with Gasteiger partial charge in [0.05, 0.1) is 12.8 Å². The van der Waals surface area contributed by atoms with Crippen LogP contribution in [0.25, 0.3) is 5.76 Å². The molecule has 0 saturated heterocycles. The van der Waals surface area contributed by atoms with Crippen molar-refractivity contribution in [2.75, 3.05) is 14.2 Å². The van der Waals surface area contributed by atoms with Gasteiger partial charge in [-0.2, -0.15) is 0 Å². The second-order valence-corrected chi connectivity index (χ2v) is 5.43. The molecule has 0 atom stereocenters. The molecular formula is C17H18N2O2S. The van der Waals surface area contributed by atoms with Crippen LogP contribution in [0.1, 0.15) is 5.56 Å². The Kier molecular flexibility index (Phi) is 5.63. The Morgan fingerprint density at radius 1 is 1.14 bits per heavy atom. The molecule has 22 heavy (non-hydrogen) atoms. The highest BCUT2D eigenvalue weighted by Gasteiger charge is 2.09. The minimum absolute atomic E-state index is 0.513. The third kappa shape index (κ3) is 3.90. The number of nitrogens with zero attached hydrogens (tertiary/aromatic N) is 1. The van der Waals surface area contributed by atoms with Gasteiger partial charge in [-0.15, -0.1) is 0 Å². The molecule has 1 N–H and O–H groups in total. The Morgan fingerprint density at radius 2 is 1.82 bits per heavy atom. The summed E-state index contributed by atoms with van der Waals surface area (Å²) in [7, 11) is 3.49. The molecule has 4 nitrogen and oxygen atoms in total. The molecule has 0 aliphatic rings. The zero-order valence-corrected chi connectivity index (χ0v) is 13.4. The summed E-state index contributed by atoms with van der Waals surface area (Å²) >= 11 is 1.54. The van der Waals surface area contributed by atoms with Crippen molar-refractivity contribution in [2.24, 2.45) is 4.99 Å². The molecule has 2 rings (SSSR count). The van der Waals surface area contributed by atoms with Crippen molar-refractivity contribution >= 4 is 30.1 Å². The SMILES string of the molecule is C=Nc1cc(OC)ccc1C(=C)Oc1ccc(SNC)cc1. The summed E-state index contributed by atoms with van der Waals surface area (Å²) in [4.78, 5) is 5.11. The maximum Gasteiger partial charge on any atom is 0.129 e. The van der Waals surface area contributed by atoms with Gasteiger partial charge in [0.1, 0.15) is 17.3 Å². The van der Waals surface area contributed by atoms with Crippen molar-refractivity contribution in [3.05, 3.63) is 54.6 Å². The Hall–Kier alpha value is -2.24. The topological polar surface area (TPSA) is 42.9 Å². The highest BCUT2D eigenvalue weighted by Crippen LogP contribution is 2.31. The summed E-state index contributed by atoms with van der Waals surface area (Å²) in [6, 6.07) is 13.2. The van der Waals surface area contributed by atoms with E-state index in [1.165, 1.54) is 0 Å². The first-order chi connectivity index (χ1) is 10.7. The molecule has 0 heterocycles. The lowest BCUT2D eigenvalue weighted by Crippen LogP contribution is -1.95. The molecule has 114 valence electrons. The maximum absolute atomic E-state index is 5.80. The van der Waals surface area contributed by atoms with E-state index in [4.69, 9.17) is 9.47 Å². The average molecular weight is 314 g/mol. The van der Waals surface area contributed by atoms with Crippen molar-refractivity contribution in [3.8, 4) is 11.5 Å². The van der Waals surface area contributed by atoms with Crippen LogP contribution in [0.2, 0.25) is 0 Å². The second kappa shape index (κ2) is 7.68. The highest BCUT2D eigenvalue weighted by molar-refractivity contribution is 7.97. The van der Waals surface area contributed by atoms with E-state index in [1.54, 1.807) is 25.1 Å². The van der Waals surface area contributed by atoms with Gasteiger partial charge in [-0.3, -0.25) is 9.71 Å². The normalized spacial score (nSPS) is 10.1. The molecule has 2 aromatic rings. The first-order valence-electron chi connectivity index (χ1n) is 6.63. The van der Waals surface area contributed by atoms with Crippen LogP contribution in [-0.4, -0.2) is 20.9 Å². The van der Waals surface area contributed by atoms with Crippen molar-refractivity contribution in [2.45, 2.75) is 4.90 Å². The Morgan fingerprint density at radius 3 is 2.41 bits per heavy atom. The Balaban J connectivity index is 2.16. The fourth-order valence-corrected chi connectivity index (χ4v) is 2.40. The molecule has 0 aromatic heterocycles. The van der Waals surface area contributed by atoms with E-state index in [9.17, 15) is 0 Å². The van der Waals surface area contributed by atoms with Crippen LogP contribution in [-0.2, 0) is 0 Å². The van der Waals surface area contributed by atoms with Gasteiger partial charge >= 0.3 is 0 Å². The van der Waals surface area contributed by atoms with Gasteiger partial charge in [-0.05, 0) is 62.1 Å². The number of benzene rings is 2. The van der Waals surface area contributed by atoms with E-state index in [0.717, 1.165) is 16.2 Å². The van der Waals surface area contributed by atoms with Gasteiger partial charge in [0.15, 0.2) is 0 Å². The molecule has 0 fully saturated rings. The van der Waals surface area contributed by atoms with Crippen molar-refractivity contribution in [1.82, 2.24) is 4.72 Å². The molecule has 0 aliphatic heterocycles. The lowest BCUT2D eigenvalue weighted by Gasteiger charge is -2.12. The number of ether oxygens (including phenoxy) is 2. The van der Waals surface area contributed by atoms with E-state index in [0.29, 0.717) is 17.2 Å². The summed E-state index contributed by atoms with van der Waals surface area (Å²) < 4.78 is 14.0. The Bertz CT molecular complexity index is 669. The smallest absolute Gasteiger partial charge is 0.129 e. The second-order valence-electron chi connectivity index (χ2n) is 4.34. The first-order valence-corrected chi connectivity index (χ1v) is 7.45. The van der Waals surface area contributed by atoms with Gasteiger partial charge in [0.25, 0.3) is 0 Å². The highest BCUT2D eigenvalue weighted by atomic mass is 32.2. The zero-order chi connectivity index (χ0) is 15.9. The predicted octanol–water partition coefficient (Wildman–Crippen LogP) is 4.30. The molecule has 0 aliphatic carbocycles. The fourth-order valence-electron chi connectivity index (χ4n) is 1.90. The summed E-state index contributed by atoms with van der Waals surface area (Å²) in [6.07, 6.45) is 0. The summed E-state index contributed by atoms with van der Waals surface area (Å²) in [5.41, 5.74) is 1.45. The van der Waals surface area contributed by atoms with E-state index in [2.05, 4.69) is 23.0 Å². The van der Waals surface area contributed by atoms with Crippen LogP contribution in [0, 0.1) is 0 Å². The molecule has 5 heteroatoms. The summed E-state index contributed by atoms with van der Waals surface area (Å²) in [5.74, 6) is 1.95. The number of hydrogen-bond donors (Lipinski definition) is 1. The molecule has 0 unspecified atom stereocenters.